The molecule has 1 aliphatic heterocycles. The Kier molecular flexibility index (Phi) is 3.70. The molecule has 0 spiro atoms. The zero-order valence-corrected chi connectivity index (χ0v) is 12.0. The molecule has 0 unspecified atom stereocenters. The van der Waals surface area contributed by atoms with Crippen LogP contribution in [-0.2, 0) is 0 Å². The Labute approximate surface area is 119 Å². The van der Waals surface area contributed by atoms with E-state index in [1.54, 1.807) is 12.3 Å². The van der Waals surface area contributed by atoms with Crippen molar-refractivity contribution in [3.63, 3.8) is 0 Å². The maximum Gasteiger partial charge on any atom is 0.272 e. The van der Waals surface area contributed by atoms with Crippen molar-refractivity contribution in [3.8, 4) is 0 Å². The molecule has 3 rings (SSSR count). The van der Waals surface area contributed by atoms with Gasteiger partial charge >= 0.3 is 0 Å². The molecule has 2 N–H and O–H groups in total. The highest BCUT2D eigenvalue weighted by molar-refractivity contribution is 5.92. The lowest BCUT2D eigenvalue weighted by molar-refractivity contribution is 0.0526. The van der Waals surface area contributed by atoms with Crippen molar-refractivity contribution in [2.75, 3.05) is 13.1 Å². The minimum atomic E-state index is 0.0105. The zero-order chi connectivity index (χ0) is 14.1. The van der Waals surface area contributed by atoms with E-state index >= 15 is 0 Å². The van der Waals surface area contributed by atoms with E-state index in [-0.39, 0.29) is 11.9 Å². The van der Waals surface area contributed by atoms with Crippen LogP contribution in [0.2, 0.25) is 0 Å². The lowest BCUT2D eigenvalue weighted by Gasteiger charge is -2.39. The van der Waals surface area contributed by atoms with Gasteiger partial charge in [0.15, 0.2) is 0 Å². The minimum Gasteiger partial charge on any atom is -0.333 e. The topological polar surface area (TPSA) is 72.1 Å². The number of piperidine rings is 1. The third-order valence-corrected chi connectivity index (χ3v) is 4.45. The molecule has 1 saturated carbocycles. The molecule has 2 atom stereocenters. The number of carbonyl (C=O) groups is 1. The molecule has 2 fully saturated rings. The Bertz CT molecular complexity index is 500. The fourth-order valence-corrected chi connectivity index (χ4v) is 3.04. The van der Waals surface area contributed by atoms with Gasteiger partial charge in [-0.15, -0.1) is 0 Å². The molecule has 0 radical (unpaired) electrons. The van der Waals surface area contributed by atoms with Crippen LogP contribution in [-0.4, -0.2) is 39.9 Å². The molecule has 1 aromatic heterocycles. The summed E-state index contributed by atoms with van der Waals surface area (Å²) in [5, 5.41) is 0. The summed E-state index contributed by atoms with van der Waals surface area (Å²) in [6, 6.07) is 1.86. The molecule has 1 saturated heterocycles. The Balaban J connectivity index is 1.81. The summed E-state index contributed by atoms with van der Waals surface area (Å²) < 4.78 is 0. The summed E-state index contributed by atoms with van der Waals surface area (Å²) in [5.74, 6) is 1.76. The van der Waals surface area contributed by atoms with E-state index in [1.165, 1.54) is 0 Å². The van der Waals surface area contributed by atoms with E-state index in [0.29, 0.717) is 24.1 Å². The highest BCUT2D eigenvalue weighted by Crippen LogP contribution is 2.37. The maximum atomic E-state index is 12.7. The lowest BCUT2D eigenvalue weighted by atomic mass is 9.90. The first kappa shape index (κ1) is 13.5. The summed E-state index contributed by atoms with van der Waals surface area (Å²) in [4.78, 5) is 23.3. The molecule has 2 aliphatic rings. The number of nitrogens with zero attached hydrogens (tertiary/aromatic N) is 3. The fraction of sp³-hybridized carbons (Fsp3) is 0.667. The van der Waals surface area contributed by atoms with Gasteiger partial charge < -0.3 is 10.6 Å². The van der Waals surface area contributed by atoms with Gasteiger partial charge in [0, 0.05) is 31.2 Å². The quantitative estimate of drug-likeness (QED) is 0.907. The number of carbonyl (C=O) groups excluding carboxylic acids is 1. The maximum absolute atomic E-state index is 12.7. The number of hydrogen-bond acceptors (Lipinski definition) is 4. The van der Waals surface area contributed by atoms with Crippen molar-refractivity contribution in [1.82, 2.24) is 14.9 Å². The van der Waals surface area contributed by atoms with Gasteiger partial charge in [-0.2, -0.15) is 0 Å². The fourth-order valence-electron chi connectivity index (χ4n) is 3.04. The van der Waals surface area contributed by atoms with Gasteiger partial charge in [0.1, 0.15) is 11.5 Å². The van der Waals surface area contributed by atoms with E-state index in [9.17, 15) is 4.79 Å². The average molecular weight is 274 g/mol. The Morgan fingerprint density at radius 3 is 2.95 bits per heavy atom. The molecule has 5 nitrogen and oxygen atoms in total. The molecule has 0 bridgehead atoms. The first-order valence-electron chi connectivity index (χ1n) is 7.54. The number of amides is 1. The number of nitrogens with two attached hydrogens (primary N) is 1. The van der Waals surface area contributed by atoms with E-state index in [1.807, 2.05) is 4.90 Å². The van der Waals surface area contributed by atoms with Crippen molar-refractivity contribution in [1.29, 1.82) is 0 Å². The van der Waals surface area contributed by atoms with Crippen LogP contribution in [0.25, 0.3) is 0 Å². The Morgan fingerprint density at radius 2 is 2.25 bits per heavy atom. The van der Waals surface area contributed by atoms with Gasteiger partial charge in [-0.25, -0.2) is 9.97 Å². The van der Waals surface area contributed by atoms with Crippen molar-refractivity contribution >= 4 is 5.91 Å². The molecule has 108 valence electrons. The van der Waals surface area contributed by atoms with E-state index in [4.69, 9.17) is 5.73 Å². The van der Waals surface area contributed by atoms with Crippen molar-refractivity contribution in [2.24, 2.45) is 11.7 Å². The van der Waals surface area contributed by atoms with Crippen LogP contribution >= 0.6 is 0 Å². The number of likely N-dealkylation sites (tertiary alicyclic amines) is 1. The third-order valence-electron chi connectivity index (χ3n) is 4.45. The van der Waals surface area contributed by atoms with Crippen molar-refractivity contribution in [3.05, 3.63) is 23.8 Å². The molecule has 5 heteroatoms. The Morgan fingerprint density at radius 1 is 1.45 bits per heavy atom. The number of rotatable bonds is 3. The van der Waals surface area contributed by atoms with Gasteiger partial charge in [0.2, 0.25) is 0 Å². The second-order valence-electron chi connectivity index (χ2n) is 6.00. The monoisotopic (exact) mass is 274 g/mol. The van der Waals surface area contributed by atoms with Crippen LogP contribution in [0.5, 0.6) is 0 Å². The number of hydrogen-bond donors (Lipinski definition) is 1. The van der Waals surface area contributed by atoms with E-state index in [0.717, 1.165) is 38.1 Å². The first-order valence-corrected chi connectivity index (χ1v) is 7.54. The van der Waals surface area contributed by atoms with Crippen LogP contribution in [0.3, 0.4) is 0 Å². The third kappa shape index (κ3) is 2.54. The molecule has 20 heavy (non-hydrogen) atoms. The predicted octanol–water partition coefficient (Wildman–Crippen LogP) is 1.55. The smallest absolute Gasteiger partial charge is 0.272 e. The van der Waals surface area contributed by atoms with Gasteiger partial charge in [0.25, 0.3) is 5.91 Å². The summed E-state index contributed by atoms with van der Waals surface area (Å²) in [6.45, 7) is 3.48. The van der Waals surface area contributed by atoms with Crippen LogP contribution in [0, 0.1) is 5.92 Å². The summed E-state index contributed by atoms with van der Waals surface area (Å²) >= 11 is 0. The molecule has 1 aliphatic carbocycles. The SMILES string of the molecule is C[C@H]1CCCN(C(=O)c2ccnc(C3CC3)n2)[C@@H]1CN. The van der Waals surface area contributed by atoms with Gasteiger partial charge in [-0.1, -0.05) is 6.92 Å². The predicted molar refractivity (Wildman–Crippen MR) is 76.3 cm³/mol. The largest absolute Gasteiger partial charge is 0.333 e. The molecule has 1 aromatic rings. The van der Waals surface area contributed by atoms with Crippen molar-refractivity contribution in [2.45, 2.75) is 44.6 Å². The number of aromatic nitrogens is 2. The first-order chi connectivity index (χ1) is 9.70. The van der Waals surface area contributed by atoms with Crippen molar-refractivity contribution < 1.29 is 4.79 Å². The highest BCUT2D eigenvalue weighted by Gasteiger charge is 2.33. The van der Waals surface area contributed by atoms with E-state index < -0.39 is 0 Å². The van der Waals surface area contributed by atoms with Crippen LogP contribution in [0.4, 0.5) is 0 Å². The second-order valence-corrected chi connectivity index (χ2v) is 6.00. The minimum absolute atomic E-state index is 0.0105. The Hall–Kier alpha value is -1.49. The zero-order valence-electron chi connectivity index (χ0n) is 12.0. The normalized spacial score (nSPS) is 26.6. The van der Waals surface area contributed by atoms with Gasteiger partial charge in [0.05, 0.1) is 0 Å². The molecule has 2 heterocycles. The van der Waals surface area contributed by atoms with Gasteiger partial charge in [-0.3, -0.25) is 4.79 Å². The van der Waals surface area contributed by atoms with Crippen LogP contribution in [0.1, 0.15) is 54.8 Å². The van der Waals surface area contributed by atoms with Gasteiger partial charge in [-0.05, 0) is 37.7 Å². The van der Waals surface area contributed by atoms with Crippen LogP contribution in [0.15, 0.2) is 12.3 Å². The standard InChI is InChI=1S/C15H22N4O/c1-10-3-2-8-19(13(10)9-16)15(20)12-6-7-17-14(18-12)11-4-5-11/h6-7,10-11,13H,2-5,8-9,16H2,1H3/t10-,13+/m0/s1. The highest BCUT2D eigenvalue weighted by atomic mass is 16.2. The summed E-state index contributed by atoms with van der Waals surface area (Å²) in [6.07, 6.45) is 6.18. The molecular weight excluding hydrogens is 252 g/mol. The van der Waals surface area contributed by atoms with E-state index in [2.05, 4.69) is 16.9 Å². The second kappa shape index (κ2) is 5.48. The van der Waals surface area contributed by atoms with Crippen LogP contribution < -0.4 is 5.73 Å². The summed E-state index contributed by atoms with van der Waals surface area (Å²) in [5.41, 5.74) is 6.38. The molecule has 0 aromatic carbocycles. The summed E-state index contributed by atoms with van der Waals surface area (Å²) in [7, 11) is 0. The lowest BCUT2D eigenvalue weighted by Crippen LogP contribution is -2.51. The molecule has 1 amide bonds. The molecular formula is C15H22N4O. The average Bonchev–Trinajstić information content (AvgIpc) is 3.31.